The summed E-state index contributed by atoms with van der Waals surface area (Å²) in [4.78, 5) is 12.3. The molecule has 0 aliphatic carbocycles. The van der Waals surface area contributed by atoms with Crippen LogP contribution >= 0.6 is 0 Å². The smallest absolute Gasteiger partial charge is 0.255 e. The van der Waals surface area contributed by atoms with E-state index in [1.807, 2.05) is 61.5 Å². The molecular formula is C18H15NO2. The quantitative estimate of drug-likeness (QED) is 0.765. The number of nitrogens with one attached hydrogen (secondary N) is 1. The maximum atomic E-state index is 12.3. The Morgan fingerprint density at radius 3 is 2.62 bits per heavy atom. The molecule has 0 aliphatic rings. The van der Waals surface area contributed by atoms with E-state index in [4.69, 9.17) is 4.42 Å². The van der Waals surface area contributed by atoms with Gasteiger partial charge in [0.15, 0.2) is 0 Å². The normalized spacial score (nSPS) is 10.3. The molecule has 0 spiro atoms. The third-order valence-electron chi connectivity index (χ3n) is 3.21. The molecule has 0 unspecified atom stereocenters. The molecule has 104 valence electrons. The molecule has 1 amide bonds. The lowest BCUT2D eigenvalue weighted by molar-refractivity contribution is 0.102. The van der Waals surface area contributed by atoms with Gasteiger partial charge in [0.1, 0.15) is 5.76 Å². The highest BCUT2D eigenvalue weighted by molar-refractivity contribution is 6.04. The number of anilines is 1. The van der Waals surface area contributed by atoms with Crippen LogP contribution in [0.5, 0.6) is 0 Å². The predicted octanol–water partition coefficient (Wildman–Crippen LogP) is 4.51. The third kappa shape index (κ3) is 3.03. The summed E-state index contributed by atoms with van der Waals surface area (Å²) in [5, 5.41) is 2.90. The highest BCUT2D eigenvalue weighted by Crippen LogP contribution is 2.21. The minimum atomic E-state index is -0.131. The highest BCUT2D eigenvalue weighted by atomic mass is 16.3. The van der Waals surface area contributed by atoms with Crippen LogP contribution in [0.3, 0.4) is 0 Å². The summed E-state index contributed by atoms with van der Waals surface area (Å²) in [6, 6.07) is 18.8. The number of amides is 1. The van der Waals surface area contributed by atoms with Gasteiger partial charge in [0.05, 0.1) is 6.26 Å². The lowest BCUT2D eigenvalue weighted by Crippen LogP contribution is -2.11. The minimum absolute atomic E-state index is 0.131. The molecule has 1 N–H and O–H groups in total. The minimum Gasteiger partial charge on any atom is -0.464 e. The lowest BCUT2D eigenvalue weighted by Gasteiger charge is -2.07. The fraction of sp³-hybridized carbons (Fsp3) is 0.0556. The average Bonchev–Trinajstić information content (AvgIpc) is 3.02. The topological polar surface area (TPSA) is 42.2 Å². The van der Waals surface area contributed by atoms with Crippen molar-refractivity contribution in [1.82, 2.24) is 0 Å². The Labute approximate surface area is 123 Å². The Morgan fingerprint density at radius 1 is 1.00 bits per heavy atom. The van der Waals surface area contributed by atoms with Gasteiger partial charge in [0.25, 0.3) is 5.91 Å². The Kier molecular flexibility index (Phi) is 3.56. The molecule has 3 nitrogen and oxygen atoms in total. The Balaban J connectivity index is 1.83. The van der Waals surface area contributed by atoms with Crippen molar-refractivity contribution in [2.75, 3.05) is 5.32 Å². The Morgan fingerprint density at radius 2 is 1.86 bits per heavy atom. The van der Waals surface area contributed by atoms with Gasteiger partial charge < -0.3 is 9.73 Å². The molecule has 0 atom stereocenters. The zero-order valence-electron chi connectivity index (χ0n) is 11.7. The predicted molar refractivity (Wildman–Crippen MR) is 83.3 cm³/mol. The average molecular weight is 277 g/mol. The summed E-state index contributed by atoms with van der Waals surface area (Å²) in [7, 11) is 0. The van der Waals surface area contributed by atoms with Crippen LogP contribution in [0.2, 0.25) is 0 Å². The highest BCUT2D eigenvalue weighted by Gasteiger charge is 2.08. The number of aryl methyl sites for hydroxylation is 1. The fourth-order valence-electron chi connectivity index (χ4n) is 2.18. The molecule has 3 heteroatoms. The van der Waals surface area contributed by atoms with E-state index in [9.17, 15) is 4.79 Å². The van der Waals surface area contributed by atoms with Crippen LogP contribution in [-0.4, -0.2) is 5.91 Å². The van der Waals surface area contributed by atoms with Crippen LogP contribution < -0.4 is 5.32 Å². The monoisotopic (exact) mass is 277 g/mol. The molecule has 0 radical (unpaired) electrons. The van der Waals surface area contributed by atoms with E-state index in [-0.39, 0.29) is 5.91 Å². The number of rotatable bonds is 3. The van der Waals surface area contributed by atoms with E-state index in [0.717, 1.165) is 22.6 Å². The summed E-state index contributed by atoms with van der Waals surface area (Å²) in [6.45, 7) is 1.99. The van der Waals surface area contributed by atoms with Crippen LogP contribution in [0.15, 0.2) is 71.3 Å². The standard InChI is InChI=1S/C18H15NO2/c1-13-5-2-8-16(11-13)19-18(20)15-7-3-6-14(12-15)17-9-4-10-21-17/h2-12H,1H3,(H,19,20). The number of carbonyl (C=O) groups excluding carboxylic acids is 1. The van der Waals surface area contributed by atoms with Crippen LogP contribution in [0.1, 0.15) is 15.9 Å². The Hall–Kier alpha value is -2.81. The fourth-order valence-corrected chi connectivity index (χ4v) is 2.18. The molecule has 0 fully saturated rings. The summed E-state index contributed by atoms with van der Waals surface area (Å²) < 4.78 is 5.36. The molecule has 0 aliphatic heterocycles. The van der Waals surface area contributed by atoms with Crippen LogP contribution in [0, 0.1) is 6.92 Å². The second kappa shape index (κ2) is 5.67. The zero-order chi connectivity index (χ0) is 14.7. The maximum Gasteiger partial charge on any atom is 0.255 e. The van der Waals surface area contributed by atoms with Crippen molar-refractivity contribution in [1.29, 1.82) is 0 Å². The summed E-state index contributed by atoms with van der Waals surface area (Å²) >= 11 is 0. The number of hydrogen-bond acceptors (Lipinski definition) is 2. The first kappa shape index (κ1) is 13.2. The molecular weight excluding hydrogens is 262 g/mol. The van der Waals surface area contributed by atoms with E-state index in [0.29, 0.717) is 5.56 Å². The van der Waals surface area contributed by atoms with Gasteiger partial charge in [-0.2, -0.15) is 0 Å². The molecule has 2 aromatic carbocycles. The van der Waals surface area contributed by atoms with Crippen molar-refractivity contribution >= 4 is 11.6 Å². The van der Waals surface area contributed by atoms with Crippen LogP contribution in [0.25, 0.3) is 11.3 Å². The molecule has 0 saturated carbocycles. The van der Waals surface area contributed by atoms with Gasteiger partial charge in [-0.05, 0) is 48.9 Å². The number of furan rings is 1. The van der Waals surface area contributed by atoms with Gasteiger partial charge in [-0.1, -0.05) is 24.3 Å². The van der Waals surface area contributed by atoms with Crippen molar-refractivity contribution in [3.05, 3.63) is 78.1 Å². The van der Waals surface area contributed by atoms with Crippen molar-refractivity contribution in [3.63, 3.8) is 0 Å². The van der Waals surface area contributed by atoms with Crippen LogP contribution in [0.4, 0.5) is 5.69 Å². The number of carbonyl (C=O) groups is 1. The van der Waals surface area contributed by atoms with Gasteiger partial charge >= 0.3 is 0 Å². The molecule has 3 aromatic rings. The van der Waals surface area contributed by atoms with E-state index >= 15 is 0 Å². The molecule has 1 heterocycles. The van der Waals surface area contributed by atoms with E-state index in [2.05, 4.69) is 5.32 Å². The number of benzene rings is 2. The van der Waals surface area contributed by atoms with E-state index in [1.165, 1.54) is 0 Å². The Bertz CT molecular complexity index is 760. The van der Waals surface area contributed by atoms with Crippen molar-refractivity contribution in [2.45, 2.75) is 6.92 Å². The van der Waals surface area contributed by atoms with Crippen molar-refractivity contribution in [3.8, 4) is 11.3 Å². The molecule has 0 bridgehead atoms. The van der Waals surface area contributed by atoms with Gasteiger partial charge in [-0.15, -0.1) is 0 Å². The SMILES string of the molecule is Cc1cccc(NC(=O)c2cccc(-c3ccco3)c2)c1. The second-order valence-electron chi connectivity index (χ2n) is 4.88. The van der Waals surface area contributed by atoms with Gasteiger partial charge in [-0.25, -0.2) is 0 Å². The van der Waals surface area contributed by atoms with Gasteiger partial charge in [0, 0.05) is 16.8 Å². The maximum absolute atomic E-state index is 12.3. The van der Waals surface area contributed by atoms with E-state index < -0.39 is 0 Å². The summed E-state index contributed by atoms with van der Waals surface area (Å²) in [5.74, 6) is 0.620. The largest absolute Gasteiger partial charge is 0.464 e. The third-order valence-corrected chi connectivity index (χ3v) is 3.21. The first-order valence-corrected chi connectivity index (χ1v) is 6.74. The second-order valence-corrected chi connectivity index (χ2v) is 4.88. The zero-order valence-corrected chi connectivity index (χ0v) is 11.7. The number of hydrogen-bond donors (Lipinski definition) is 1. The van der Waals surface area contributed by atoms with Crippen molar-refractivity contribution in [2.24, 2.45) is 0 Å². The van der Waals surface area contributed by atoms with Gasteiger partial charge in [-0.3, -0.25) is 4.79 Å². The molecule has 0 saturated heterocycles. The van der Waals surface area contributed by atoms with Gasteiger partial charge in [0.2, 0.25) is 0 Å². The molecule has 1 aromatic heterocycles. The first-order valence-electron chi connectivity index (χ1n) is 6.74. The molecule has 21 heavy (non-hydrogen) atoms. The first-order chi connectivity index (χ1) is 10.2. The summed E-state index contributed by atoms with van der Waals surface area (Å²) in [6.07, 6.45) is 1.62. The lowest BCUT2D eigenvalue weighted by atomic mass is 10.1. The summed E-state index contributed by atoms with van der Waals surface area (Å²) in [5.41, 5.74) is 3.39. The van der Waals surface area contributed by atoms with Crippen molar-refractivity contribution < 1.29 is 9.21 Å². The van der Waals surface area contributed by atoms with E-state index in [1.54, 1.807) is 12.3 Å². The molecule has 3 rings (SSSR count). The van der Waals surface area contributed by atoms with Crippen LogP contribution in [-0.2, 0) is 0 Å².